The van der Waals surface area contributed by atoms with Crippen LogP contribution in [0.1, 0.15) is 64.8 Å². The number of nitrogens with one attached hydrogen (secondary N) is 1. The predicted molar refractivity (Wildman–Crippen MR) is 108 cm³/mol. The Kier molecular flexibility index (Phi) is 5.73. The minimum absolute atomic E-state index is 0.0710. The lowest BCUT2D eigenvalue weighted by Gasteiger charge is -2.32. The van der Waals surface area contributed by atoms with E-state index < -0.39 is 5.91 Å². The molecule has 158 valence electrons. The smallest absolute Gasteiger partial charge is 0.321 e. The van der Waals surface area contributed by atoms with Crippen molar-refractivity contribution in [3.63, 3.8) is 0 Å². The zero-order chi connectivity index (χ0) is 21.1. The summed E-state index contributed by atoms with van der Waals surface area (Å²) in [5.41, 5.74) is 6.48. The fourth-order valence-corrected chi connectivity index (χ4v) is 3.67. The summed E-state index contributed by atoms with van der Waals surface area (Å²) < 4.78 is 5.19. The number of piperidine rings is 1. The summed E-state index contributed by atoms with van der Waals surface area (Å²) in [5.74, 6) is -0.117. The summed E-state index contributed by atoms with van der Waals surface area (Å²) in [7, 11) is 1.47. The highest BCUT2D eigenvalue weighted by Gasteiger charge is 2.27. The Bertz CT molecular complexity index is 940. The number of carbonyl (C=O) groups is 2. The predicted octanol–water partition coefficient (Wildman–Crippen LogP) is 1.04. The van der Waals surface area contributed by atoms with Gasteiger partial charge in [-0.2, -0.15) is 15.0 Å². The molecule has 30 heavy (non-hydrogen) atoms. The largest absolute Gasteiger partial charge is 0.467 e. The van der Waals surface area contributed by atoms with Crippen molar-refractivity contribution in [2.75, 3.05) is 25.1 Å². The zero-order valence-corrected chi connectivity index (χ0v) is 16.9. The molecule has 2 fully saturated rings. The van der Waals surface area contributed by atoms with Crippen LogP contribution in [-0.4, -0.2) is 58.0 Å². The number of aromatic nitrogens is 4. The van der Waals surface area contributed by atoms with E-state index in [1.807, 2.05) is 11.0 Å². The van der Waals surface area contributed by atoms with Crippen molar-refractivity contribution in [2.45, 2.75) is 44.1 Å². The van der Waals surface area contributed by atoms with Gasteiger partial charge in [0.05, 0.1) is 7.11 Å². The average molecular weight is 411 g/mol. The Labute approximate surface area is 174 Å². The first-order valence-electron chi connectivity index (χ1n) is 10.2. The van der Waals surface area contributed by atoms with E-state index in [9.17, 15) is 9.59 Å². The van der Waals surface area contributed by atoms with Gasteiger partial charge in [0, 0.05) is 30.7 Å². The van der Waals surface area contributed by atoms with Crippen molar-refractivity contribution in [2.24, 2.45) is 5.73 Å². The number of hydrogen-bond acceptors (Lipinski definition) is 8. The molecule has 0 aromatic carbocycles. The molecule has 10 heteroatoms. The molecule has 1 saturated heterocycles. The molecular weight excluding hydrogens is 386 g/mol. The standard InChI is InChI=1S/C20H25N7O3/c1-30-20-25-17(18(29)22-13-4-2-5-13)24-19(26-20)27-10-8-12(9-11-27)14-6-3-7-15(23-14)16(21)28/h3,6-7,12-13H,2,4-5,8-11H2,1H3,(H2,21,28)(H,22,29). The number of primary amides is 1. The van der Waals surface area contributed by atoms with Gasteiger partial charge < -0.3 is 20.7 Å². The van der Waals surface area contributed by atoms with Crippen LogP contribution >= 0.6 is 0 Å². The molecule has 1 saturated carbocycles. The number of anilines is 1. The minimum atomic E-state index is -0.528. The lowest BCUT2D eigenvalue weighted by Crippen LogP contribution is -2.41. The summed E-state index contributed by atoms with van der Waals surface area (Å²) in [6, 6.07) is 5.66. The molecule has 2 amide bonds. The van der Waals surface area contributed by atoms with Gasteiger partial charge in [-0.25, -0.2) is 4.98 Å². The van der Waals surface area contributed by atoms with Crippen LogP contribution in [0.2, 0.25) is 0 Å². The molecule has 2 aromatic heterocycles. The van der Waals surface area contributed by atoms with Crippen LogP contribution in [0.4, 0.5) is 5.95 Å². The van der Waals surface area contributed by atoms with Gasteiger partial charge in [0.15, 0.2) is 0 Å². The van der Waals surface area contributed by atoms with Gasteiger partial charge in [0.25, 0.3) is 11.8 Å². The third-order valence-corrected chi connectivity index (χ3v) is 5.65. The lowest BCUT2D eigenvalue weighted by molar-refractivity contribution is 0.0904. The number of methoxy groups -OCH3 is 1. The fraction of sp³-hybridized carbons (Fsp3) is 0.500. The number of nitrogens with two attached hydrogens (primary N) is 1. The molecule has 0 atom stereocenters. The van der Waals surface area contributed by atoms with E-state index in [4.69, 9.17) is 10.5 Å². The van der Waals surface area contributed by atoms with Crippen molar-refractivity contribution in [3.05, 3.63) is 35.4 Å². The summed E-state index contributed by atoms with van der Waals surface area (Å²) in [6.45, 7) is 1.37. The topological polar surface area (TPSA) is 136 Å². The second-order valence-corrected chi connectivity index (χ2v) is 7.62. The van der Waals surface area contributed by atoms with Gasteiger partial charge in [0.1, 0.15) is 5.69 Å². The highest BCUT2D eigenvalue weighted by molar-refractivity contribution is 5.91. The minimum Gasteiger partial charge on any atom is -0.467 e. The Balaban J connectivity index is 1.46. The van der Waals surface area contributed by atoms with E-state index in [0.717, 1.165) is 37.8 Å². The Hall–Kier alpha value is -3.30. The van der Waals surface area contributed by atoms with Crippen LogP contribution in [0.25, 0.3) is 0 Å². The van der Waals surface area contributed by atoms with Crippen LogP contribution in [0.3, 0.4) is 0 Å². The molecule has 1 aliphatic carbocycles. The summed E-state index contributed by atoms with van der Waals surface area (Å²) in [5, 5.41) is 2.95. The van der Waals surface area contributed by atoms with E-state index in [-0.39, 0.29) is 35.4 Å². The number of carbonyl (C=O) groups excluding carboxylic acids is 2. The molecule has 0 radical (unpaired) electrons. The first-order valence-corrected chi connectivity index (χ1v) is 10.2. The third kappa shape index (κ3) is 4.32. The number of hydrogen-bond donors (Lipinski definition) is 2. The van der Waals surface area contributed by atoms with Crippen molar-refractivity contribution in [1.82, 2.24) is 25.3 Å². The molecule has 4 rings (SSSR count). The highest BCUT2D eigenvalue weighted by Crippen LogP contribution is 2.29. The number of pyridine rings is 1. The Morgan fingerprint density at radius 2 is 1.87 bits per heavy atom. The summed E-state index contributed by atoms with van der Waals surface area (Å²) in [6.07, 6.45) is 4.72. The second-order valence-electron chi connectivity index (χ2n) is 7.62. The van der Waals surface area contributed by atoms with Gasteiger partial charge in [-0.05, 0) is 44.2 Å². The molecular formula is C20H25N7O3. The van der Waals surface area contributed by atoms with Gasteiger partial charge in [-0.1, -0.05) is 6.07 Å². The summed E-state index contributed by atoms with van der Waals surface area (Å²) >= 11 is 0. The van der Waals surface area contributed by atoms with Gasteiger partial charge >= 0.3 is 6.01 Å². The van der Waals surface area contributed by atoms with Crippen LogP contribution in [0.5, 0.6) is 6.01 Å². The fourth-order valence-electron chi connectivity index (χ4n) is 3.67. The third-order valence-electron chi connectivity index (χ3n) is 5.65. The SMILES string of the molecule is COc1nc(C(=O)NC2CCC2)nc(N2CCC(c3cccc(C(N)=O)n3)CC2)n1. The lowest BCUT2D eigenvalue weighted by atomic mass is 9.93. The maximum absolute atomic E-state index is 12.5. The number of ether oxygens (including phenoxy) is 1. The van der Waals surface area contributed by atoms with Crippen LogP contribution in [0, 0.1) is 0 Å². The highest BCUT2D eigenvalue weighted by atomic mass is 16.5. The molecule has 2 aromatic rings. The normalized spacial score (nSPS) is 17.3. The molecule has 2 aliphatic rings. The van der Waals surface area contributed by atoms with Crippen molar-refractivity contribution >= 4 is 17.8 Å². The quantitative estimate of drug-likeness (QED) is 0.719. The first-order chi connectivity index (χ1) is 14.5. The van der Waals surface area contributed by atoms with Crippen LogP contribution < -0.4 is 20.7 Å². The molecule has 0 unspecified atom stereocenters. The molecule has 10 nitrogen and oxygen atoms in total. The average Bonchev–Trinajstić information content (AvgIpc) is 2.76. The second kappa shape index (κ2) is 8.60. The molecule has 3 N–H and O–H groups in total. The van der Waals surface area contributed by atoms with Crippen LogP contribution in [-0.2, 0) is 0 Å². The summed E-state index contributed by atoms with van der Waals surface area (Å²) in [4.78, 5) is 43.1. The van der Waals surface area contributed by atoms with E-state index in [0.29, 0.717) is 19.0 Å². The van der Waals surface area contributed by atoms with Crippen LogP contribution in [0.15, 0.2) is 18.2 Å². The van der Waals surface area contributed by atoms with Crippen molar-refractivity contribution in [3.8, 4) is 6.01 Å². The van der Waals surface area contributed by atoms with Crippen molar-refractivity contribution in [1.29, 1.82) is 0 Å². The van der Waals surface area contributed by atoms with Gasteiger partial charge in [0.2, 0.25) is 11.8 Å². The van der Waals surface area contributed by atoms with Gasteiger partial charge in [-0.3, -0.25) is 9.59 Å². The molecule has 3 heterocycles. The molecule has 0 spiro atoms. The Morgan fingerprint density at radius 3 is 2.50 bits per heavy atom. The Morgan fingerprint density at radius 1 is 1.10 bits per heavy atom. The van der Waals surface area contributed by atoms with E-state index in [1.54, 1.807) is 12.1 Å². The monoisotopic (exact) mass is 411 g/mol. The maximum Gasteiger partial charge on any atom is 0.321 e. The number of amides is 2. The van der Waals surface area contributed by atoms with E-state index >= 15 is 0 Å². The number of rotatable bonds is 6. The zero-order valence-electron chi connectivity index (χ0n) is 16.9. The molecule has 1 aliphatic heterocycles. The van der Waals surface area contributed by atoms with E-state index in [2.05, 4.69) is 25.3 Å². The number of nitrogens with zero attached hydrogens (tertiary/aromatic N) is 5. The first kappa shape index (κ1) is 20.0. The van der Waals surface area contributed by atoms with Gasteiger partial charge in [-0.15, -0.1) is 0 Å². The van der Waals surface area contributed by atoms with E-state index in [1.165, 1.54) is 7.11 Å². The maximum atomic E-state index is 12.5. The van der Waals surface area contributed by atoms with Crippen molar-refractivity contribution < 1.29 is 14.3 Å². The molecule has 0 bridgehead atoms.